The van der Waals surface area contributed by atoms with Gasteiger partial charge in [-0.15, -0.1) is 0 Å². The zero-order valence-corrected chi connectivity index (χ0v) is 53.7. The van der Waals surface area contributed by atoms with Crippen molar-refractivity contribution >= 4 is 33.3 Å². The molecule has 86 heavy (non-hydrogen) atoms. The number of nitrogens with two attached hydrogens (primary N) is 1. The van der Waals surface area contributed by atoms with Crippen LogP contribution in [0.15, 0.2) is 57.7 Å². The first-order chi connectivity index (χ1) is 41.4. The molecule has 16 heteroatoms. The van der Waals surface area contributed by atoms with Gasteiger partial charge in [0.2, 0.25) is 0 Å². The second-order valence-corrected chi connectivity index (χ2v) is 35.5. The minimum atomic E-state index is -1.69. The van der Waals surface area contributed by atoms with Crippen LogP contribution in [-0.4, -0.2) is 132 Å². The zero-order chi connectivity index (χ0) is 59.3. The number of rotatable bonds is 7. The number of nitrogens with zero attached hydrogens (tertiary/aromatic N) is 3. The van der Waals surface area contributed by atoms with Gasteiger partial charge in [0.25, 0.3) is 0 Å². The lowest BCUT2D eigenvalue weighted by molar-refractivity contribution is -0.260. The number of aromatic nitrogens is 2. The summed E-state index contributed by atoms with van der Waals surface area (Å²) in [7, 11) is 5.97. The molecule has 6 bridgehead atoms. The van der Waals surface area contributed by atoms with Crippen molar-refractivity contribution in [1.29, 1.82) is 0 Å². The van der Waals surface area contributed by atoms with Gasteiger partial charge in [0.1, 0.15) is 6.23 Å². The quantitative estimate of drug-likeness (QED) is 0.0405. The summed E-state index contributed by atoms with van der Waals surface area (Å²) in [6.07, 6.45) is 27.3. The fraction of sp³-hybridized carbons (Fsp3) is 0.843. The standard InChI is InChI=1S/C70H103N7O7S2/c1-38(79)76-62(71)75-35-67-19-8-18-66-32-50(81)59(82)46(33-72-4)57(66)49(80)28-48(61(66)67)70(84)52-29-47-54-43(14-15-51(67)68(47,70)36-78)42-10-5-11-44-53(42)55(60(54)83)58(45-27-39-12-13-40-9-6-17-65(40,30-39)56(44)45)63(2,3)31-41(77-26-25-74-37-77)34-85-86-69(52)20-7-16-64(69)21-23-73-24-22-64/h25-26,28,37-43,46-47,50-52,54-57,59-61,72-73,78-79,81-84H,5-24,27,29-36H2,1-4H3,(H3,71,75,76)/t38-,39-,40+,41+,42+,43-,46-,47-,50+,51-,52-,54+,55-,56+,57+,59-,60+,61+,65+,66+,67+,68+,69+,70+/m1/s1. The number of imidazole rings is 1. The fourth-order valence-electron chi connectivity index (χ4n) is 28.0. The number of ketones is 1. The van der Waals surface area contributed by atoms with Gasteiger partial charge in [0.05, 0.1) is 36.8 Å². The largest absolute Gasteiger partial charge is 0.396 e. The summed E-state index contributed by atoms with van der Waals surface area (Å²) in [6.45, 7) is 8.94. The highest BCUT2D eigenvalue weighted by Crippen LogP contribution is 2.85. The summed E-state index contributed by atoms with van der Waals surface area (Å²) in [5.41, 5.74) is 9.65. The van der Waals surface area contributed by atoms with Crippen LogP contribution in [0.2, 0.25) is 0 Å². The molecule has 13 aliphatic carbocycles. The van der Waals surface area contributed by atoms with Crippen LogP contribution in [0, 0.1) is 109 Å². The molecule has 1 aromatic rings. The number of guanidine groups is 1. The Labute approximate surface area is 519 Å². The Hall–Kier alpha value is -2.25. The number of fused-ring (bicyclic) bond motifs is 10. The maximum Gasteiger partial charge on any atom is 0.190 e. The predicted molar refractivity (Wildman–Crippen MR) is 337 cm³/mol. The molecule has 16 rings (SSSR count). The van der Waals surface area contributed by atoms with E-state index in [4.69, 9.17) is 15.7 Å². The molecular formula is C70H103N7O7S2. The number of aliphatic imine (C=N–C) groups is 1. The van der Waals surface area contributed by atoms with E-state index in [1.54, 1.807) is 29.2 Å². The van der Waals surface area contributed by atoms with Crippen LogP contribution in [0.5, 0.6) is 0 Å². The second-order valence-electron chi connectivity index (χ2n) is 32.9. The number of piperidine rings is 1. The number of hydrogen-bond donors (Lipinski definition) is 10. The highest BCUT2D eigenvalue weighted by atomic mass is 33.1. The number of carbonyl (C=O) groups is 1. The van der Waals surface area contributed by atoms with Crippen LogP contribution >= 0.6 is 21.6 Å². The Morgan fingerprint density at radius 3 is 2.52 bits per heavy atom. The summed E-state index contributed by atoms with van der Waals surface area (Å²) in [6, 6.07) is 0.117. The Kier molecular flexibility index (Phi) is 14.1. The van der Waals surface area contributed by atoms with Gasteiger partial charge in [-0.25, -0.2) is 4.98 Å². The van der Waals surface area contributed by atoms with E-state index in [1.807, 2.05) is 30.1 Å². The van der Waals surface area contributed by atoms with Gasteiger partial charge in [-0.2, -0.15) is 0 Å². The molecule has 2 aliphatic heterocycles. The normalized spacial score (nSPS) is 50.6. The summed E-state index contributed by atoms with van der Waals surface area (Å²) in [4.78, 5) is 26.4. The number of aliphatic hydroxyl groups is 6. The van der Waals surface area contributed by atoms with Crippen LogP contribution in [0.4, 0.5) is 0 Å². The van der Waals surface area contributed by atoms with Crippen molar-refractivity contribution in [2.45, 2.75) is 209 Å². The molecule has 4 spiro atoms. The lowest BCUT2D eigenvalue weighted by Gasteiger charge is -2.74. The molecule has 11 N–H and O–H groups in total. The Morgan fingerprint density at radius 2 is 1.74 bits per heavy atom. The van der Waals surface area contributed by atoms with E-state index in [1.165, 1.54) is 38.5 Å². The third kappa shape index (κ3) is 7.55. The number of aliphatic hydroxyl groups excluding tert-OH is 5. The minimum Gasteiger partial charge on any atom is -0.396 e. The monoisotopic (exact) mass is 1220 g/mol. The molecule has 14 nitrogen and oxygen atoms in total. The van der Waals surface area contributed by atoms with Crippen LogP contribution in [0.25, 0.3) is 0 Å². The van der Waals surface area contributed by atoms with Crippen molar-refractivity contribution in [1.82, 2.24) is 25.5 Å². The molecular weight excluding hydrogens is 1110 g/mol. The van der Waals surface area contributed by atoms with E-state index in [-0.39, 0.29) is 95.0 Å². The third-order valence-corrected chi connectivity index (χ3v) is 33.3. The highest BCUT2D eigenvalue weighted by molar-refractivity contribution is 8.77. The number of nitrogens with one attached hydrogen (secondary N) is 3. The summed E-state index contributed by atoms with van der Waals surface area (Å²) in [5.74, 6) is 0.185. The predicted octanol–water partition coefficient (Wildman–Crippen LogP) is 8.64. The first-order valence-electron chi connectivity index (χ1n) is 34.9. The molecule has 3 heterocycles. The molecule has 0 unspecified atom stereocenters. The van der Waals surface area contributed by atoms with E-state index >= 15 is 15.0 Å². The summed E-state index contributed by atoms with van der Waals surface area (Å²) < 4.78 is 1.93. The molecule has 15 aliphatic rings. The second kappa shape index (κ2) is 20.6. The maximum absolute atomic E-state index is 16.3. The van der Waals surface area contributed by atoms with E-state index < -0.39 is 68.9 Å². The van der Waals surface area contributed by atoms with Gasteiger partial charge in [0.15, 0.2) is 11.7 Å². The molecule has 1 aromatic heterocycles. The van der Waals surface area contributed by atoms with Gasteiger partial charge >= 0.3 is 0 Å². The van der Waals surface area contributed by atoms with Gasteiger partial charge in [-0.05, 0) is 236 Å². The van der Waals surface area contributed by atoms with Crippen LogP contribution in [0.3, 0.4) is 0 Å². The fourth-order valence-corrected chi connectivity index (χ4v) is 32.2. The first-order valence-corrected chi connectivity index (χ1v) is 37.2. The van der Waals surface area contributed by atoms with Crippen molar-refractivity contribution in [2.75, 3.05) is 45.6 Å². The van der Waals surface area contributed by atoms with Gasteiger partial charge < -0.3 is 56.9 Å². The number of hydrogen-bond acceptors (Lipinski definition) is 13. The van der Waals surface area contributed by atoms with Gasteiger partial charge in [-0.3, -0.25) is 9.79 Å². The molecule has 10 saturated carbocycles. The molecule has 12 fully saturated rings. The van der Waals surface area contributed by atoms with E-state index in [0.717, 1.165) is 120 Å². The van der Waals surface area contributed by atoms with Gasteiger partial charge in [0, 0.05) is 82.4 Å². The molecule has 24 atom stereocenters. The van der Waals surface area contributed by atoms with Crippen molar-refractivity contribution in [3.63, 3.8) is 0 Å². The Bertz CT molecular complexity index is 3000. The van der Waals surface area contributed by atoms with Crippen molar-refractivity contribution in [3.8, 4) is 0 Å². The lowest BCUT2D eigenvalue weighted by atomic mass is 9.31. The SMILES string of the molecule is CNC[C@H]1[C@@H](O)[C@@H](O)C[C@]23CCC[C@@]4(CN=C(N)N[C@@H](C)O)[C@H]2C(=CC(=O)[C@H]13)[C@]1(O)[C@@H]2C[C@@H]3[C@H]5[C@H](O)[C@@H]6C7=C(CCC[C@H]7[C@H]5CC[C@H]4[C@]31CO)[C@H]1C(=C6C(C)(C)C[C@H](n3ccnc3)CSS[C@@]23CCCC32CCNCC2)C[C@H]2CC[C@@H]3CCC[C@]31C2. The van der Waals surface area contributed by atoms with Crippen molar-refractivity contribution in [3.05, 3.63) is 52.7 Å². The minimum absolute atomic E-state index is 0.0717. The van der Waals surface area contributed by atoms with Crippen LogP contribution in [-0.2, 0) is 4.79 Å². The maximum atomic E-state index is 16.3. The average Bonchev–Trinajstić information content (AvgIpc) is 1.32. The van der Waals surface area contributed by atoms with Crippen LogP contribution < -0.4 is 21.7 Å². The third-order valence-electron chi connectivity index (χ3n) is 29.8. The van der Waals surface area contributed by atoms with Crippen LogP contribution in [0.1, 0.15) is 174 Å². The summed E-state index contributed by atoms with van der Waals surface area (Å²) >= 11 is 0. The number of allylic oxidation sites excluding steroid dienone is 3. The molecule has 0 radical (unpaired) electrons. The summed E-state index contributed by atoms with van der Waals surface area (Å²) in [5, 5.41) is 90.9. The van der Waals surface area contributed by atoms with E-state index in [0.29, 0.717) is 31.2 Å². The van der Waals surface area contributed by atoms with E-state index in [2.05, 4.69) is 57.7 Å². The van der Waals surface area contributed by atoms with Crippen molar-refractivity contribution < 1.29 is 35.4 Å². The zero-order valence-electron chi connectivity index (χ0n) is 52.0. The smallest absolute Gasteiger partial charge is 0.190 e. The topological polar surface area (TPSA) is 231 Å². The first kappa shape index (κ1) is 58.8. The average molecular weight is 1220 g/mol. The highest BCUT2D eigenvalue weighted by Gasteiger charge is 2.85. The molecule has 0 aromatic carbocycles. The molecule has 0 amide bonds. The van der Waals surface area contributed by atoms with Gasteiger partial charge in [-0.1, -0.05) is 77.0 Å². The Morgan fingerprint density at radius 1 is 0.930 bits per heavy atom. The number of carbonyl (C=O) groups excluding carboxylic acids is 1. The molecule has 472 valence electrons. The lowest BCUT2D eigenvalue weighted by Crippen LogP contribution is -2.77. The Balaban J connectivity index is 0.991. The van der Waals surface area contributed by atoms with E-state index in [9.17, 15) is 20.4 Å². The molecule has 2 saturated heterocycles. The van der Waals surface area contributed by atoms with Crippen molar-refractivity contribution in [2.24, 2.45) is 120 Å².